The fourth-order valence-corrected chi connectivity index (χ4v) is 2.98. The first-order chi connectivity index (χ1) is 11.5. The lowest BCUT2D eigenvalue weighted by Gasteiger charge is -2.11. The molecule has 0 aliphatic carbocycles. The Labute approximate surface area is 140 Å². The fraction of sp³-hybridized carbons (Fsp3) is 0.300. The smallest absolute Gasteiger partial charge is 0.346 e. The summed E-state index contributed by atoms with van der Waals surface area (Å²) in [6, 6.07) is 13.6. The molecule has 1 aliphatic heterocycles. The lowest BCUT2D eigenvalue weighted by molar-refractivity contribution is -0.141. The minimum atomic E-state index is -0.719. The first-order valence-electron chi connectivity index (χ1n) is 8.10. The van der Waals surface area contributed by atoms with E-state index in [0.29, 0.717) is 6.42 Å². The molecule has 3 rings (SSSR count). The molecule has 0 spiro atoms. The SMILES string of the molecule is CC(C)CC1OC(=O)C(C(=O)Cc2ccc3ccccc3c2)=C1O. The number of cyclic esters (lactones) is 1. The van der Waals surface area contributed by atoms with Crippen molar-refractivity contribution in [1.29, 1.82) is 0 Å². The van der Waals surface area contributed by atoms with Crippen LogP contribution in [0.4, 0.5) is 0 Å². The first-order valence-corrected chi connectivity index (χ1v) is 8.10. The van der Waals surface area contributed by atoms with E-state index in [1.807, 2.05) is 56.3 Å². The van der Waals surface area contributed by atoms with Gasteiger partial charge in [0.2, 0.25) is 0 Å². The Morgan fingerprint density at radius 1 is 1.17 bits per heavy atom. The van der Waals surface area contributed by atoms with Crippen molar-refractivity contribution in [3.8, 4) is 0 Å². The second-order valence-electron chi connectivity index (χ2n) is 6.57. The van der Waals surface area contributed by atoms with E-state index in [1.54, 1.807) is 0 Å². The number of aliphatic hydroxyl groups is 1. The fourth-order valence-electron chi connectivity index (χ4n) is 2.98. The van der Waals surface area contributed by atoms with Crippen molar-refractivity contribution in [1.82, 2.24) is 0 Å². The highest BCUT2D eigenvalue weighted by Gasteiger charge is 2.38. The predicted octanol–water partition coefficient (Wildman–Crippen LogP) is 3.74. The van der Waals surface area contributed by atoms with Gasteiger partial charge in [-0.15, -0.1) is 0 Å². The number of benzene rings is 2. The zero-order valence-electron chi connectivity index (χ0n) is 13.8. The molecule has 4 heteroatoms. The Bertz CT molecular complexity index is 832. The van der Waals surface area contributed by atoms with Gasteiger partial charge in [0.25, 0.3) is 0 Å². The van der Waals surface area contributed by atoms with E-state index in [-0.39, 0.29) is 23.7 Å². The van der Waals surface area contributed by atoms with E-state index in [4.69, 9.17) is 4.74 Å². The number of aliphatic hydroxyl groups excluding tert-OH is 1. The van der Waals surface area contributed by atoms with Crippen molar-refractivity contribution < 1.29 is 19.4 Å². The van der Waals surface area contributed by atoms with Gasteiger partial charge in [-0.25, -0.2) is 4.79 Å². The number of esters is 1. The largest absolute Gasteiger partial charge is 0.507 e. The summed E-state index contributed by atoms with van der Waals surface area (Å²) >= 11 is 0. The maximum atomic E-state index is 12.5. The van der Waals surface area contributed by atoms with Gasteiger partial charge in [-0.1, -0.05) is 56.3 Å². The number of ether oxygens (including phenoxy) is 1. The minimum Gasteiger partial charge on any atom is -0.507 e. The number of carbonyl (C=O) groups excluding carboxylic acids is 2. The van der Waals surface area contributed by atoms with Crippen LogP contribution in [0.3, 0.4) is 0 Å². The zero-order chi connectivity index (χ0) is 17.3. The van der Waals surface area contributed by atoms with Crippen LogP contribution in [-0.4, -0.2) is 23.0 Å². The summed E-state index contributed by atoms with van der Waals surface area (Å²) in [7, 11) is 0. The molecule has 2 aromatic rings. The number of fused-ring (bicyclic) bond motifs is 1. The molecule has 1 unspecified atom stereocenters. The molecule has 1 atom stereocenters. The lowest BCUT2D eigenvalue weighted by Crippen LogP contribution is -2.14. The zero-order valence-corrected chi connectivity index (χ0v) is 13.8. The van der Waals surface area contributed by atoms with Crippen molar-refractivity contribution in [2.45, 2.75) is 32.8 Å². The number of hydrogen-bond acceptors (Lipinski definition) is 4. The van der Waals surface area contributed by atoms with Crippen molar-refractivity contribution in [3.05, 3.63) is 59.4 Å². The molecule has 1 N–H and O–H groups in total. The molecule has 0 fully saturated rings. The van der Waals surface area contributed by atoms with Crippen LogP contribution in [0, 0.1) is 5.92 Å². The van der Waals surface area contributed by atoms with Crippen LogP contribution < -0.4 is 0 Å². The molecule has 0 radical (unpaired) electrons. The molecule has 0 aromatic heterocycles. The van der Waals surface area contributed by atoms with E-state index >= 15 is 0 Å². The minimum absolute atomic E-state index is 0.0632. The van der Waals surface area contributed by atoms with E-state index in [1.165, 1.54) is 0 Å². The molecular weight excluding hydrogens is 304 g/mol. The third-order valence-electron chi connectivity index (χ3n) is 4.16. The third-order valence-corrected chi connectivity index (χ3v) is 4.16. The number of rotatable bonds is 5. The molecular formula is C20H20O4. The highest BCUT2D eigenvalue weighted by atomic mass is 16.6. The Morgan fingerprint density at radius 3 is 2.58 bits per heavy atom. The van der Waals surface area contributed by atoms with Crippen LogP contribution in [0.15, 0.2) is 53.8 Å². The number of hydrogen-bond donors (Lipinski definition) is 1. The van der Waals surface area contributed by atoms with E-state index in [0.717, 1.165) is 16.3 Å². The van der Waals surface area contributed by atoms with E-state index < -0.39 is 17.9 Å². The number of ketones is 1. The summed E-state index contributed by atoms with van der Waals surface area (Å²) in [6.45, 7) is 3.94. The summed E-state index contributed by atoms with van der Waals surface area (Å²) < 4.78 is 5.14. The van der Waals surface area contributed by atoms with Crippen LogP contribution in [0.25, 0.3) is 10.8 Å². The normalized spacial score (nSPS) is 17.6. The van der Waals surface area contributed by atoms with Gasteiger partial charge in [-0.05, 0) is 28.7 Å². The van der Waals surface area contributed by atoms with Gasteiger partial charge in [0.15, 0.2) is 17.6 Å². The lowest BCUT2D eigenvalue weighted by atomic mass is 9.98. The standard InChI is InChI=1S/C20H20O4/c1-12(2)9-17-19(22)18(20(23)24-17)16(21)11-13-7-8-14-5-3-4-6-15(14)10-13/h3-8,10,12,17,22H,9,11H2,1-2H3. The highest BCUT2D eigenvalue weighted by Crippen LogP contribution is 2.27. The van der Waals surface area contributed by atoms with E-state index in [9.17, 15) is 14.7 Å². The third kappa shape index (κ3) is 3.18. The van der Waals surface area contributed by atoms with Crippen molar-refractivity contribution in [2.24, 2.45) is 5.92 Å². The Kier molecular flexibility index (Phi) is 4.38. The summed E-state index contributed by atoms with van der Waals surface area (Å²) in [6.07, 6.45) is -0.133. The van der Waals surface area contributed by atoms with Crippen molar-refractivity contribution in [2.75, 3.05) is 0 Å². The second-order valence-corrected chi connectivity index (χ2v) is 6.57. The van der Waals surface area contributed by atoms with Crippen LogP contribution >= 0.6 is 0 Å². The van der Waals surface area contributed by atoms with Crippen LogP contribution in [0.1, 0.15) is 25.8 Å². The van der Waals surface area contributed by atoms with Crippen LogP contribution in [0.2, 0.25) is 0 Å². The summed E-state index contributed by atoms with van der Waals surface area (Å²) in [5.41, 5.74) is 0.605. The van der Waals surface area contributed by atoms with Gasteiger partial charge in [-0.2, -0.15) is 0 Å². The van der Waals surface area contributed by atoms with Gasteiger partial charge in [0, 0.05) is 6.42 Å². The molecule has 124 valence electrons. The Hall–Kier alpha value is -2.62. The summed E-state index contributed by atoms with van der Waals surface area (Å²) in [4.78, 5) is 24.4. The average molecular weight is 324 g/mol. The van der Waals surface area contributed by atoms with Crippen molar-refractivity contribution in [3.63, 3.8) is 0 Å². The second kappa shape index (κ2) is 6.48. The van der Waals surface area contributed by atoms with Gasteiger partial charge >= 0.3 is 5.97 Å². The van der Waals surface area contributed by atoms with Crippen molar-refractivity contribution >= 4 is 22.5 Å². The first kappa shape index (κ1) is 16.2. The molecule has 4 nitrogen and oxygen atoms in total. The van der Waals surface area contributed by atoms with Gasteiger partial charge < -0.3 is 9.84 Å². The summed E-state index contributed by atoms with van der Waals surface area (Å²) in [5.74, 6) is -1.10. The molecule has 0 bridgehead atoms. The Morgan fingerprint density at radius 2 is 1.88 bits per heavy atom. The number of Topliss-reactive ketones (excluding diaryl/α,β-unsaturated/α-hetero) is 1. The molecule has 1 heterocycles. The van der Waals surface area contributed by atoms with Crippen LogP contribution in [-0.2, 0) is 20.7 Å². The molecule has 0 amide bonds. The Balaban J connectivity index is 1.82. The van der Waals surface area contributed by atoms with Gasteiger partial charge in [0.1, 0.15) is 5.57 Å². The van der Waals surface area contributed by atoms with Gasteiger partial charge in [0.05, 0.1) is 0 Å². The maximum absolute atomic E-state index is 12.5. The molecule has 1 aliphatic rings. The summed E-state index contributed by atoms with van der Waals surface area (Å²) in [5, 5.41) is 12.3. The average Bonchev–Trinajstić information content (AvgIpc) is 2.80. The predicted molar refractivity (Wildman–Crippen MR) is 91.6 cm³/mol. The monoisotopic (exact) mass is 324 g/mol. The molecule has 2 aromatic carbocycles. The highest BCUT2D eigenvalue weighted by molar-refractivity contribution is 6.19. The maximum Gasteiger partial charge on any atom is 0.346 e. The number of carbonyl (C=O) groups is 2. The van der Waals surface area contributed by atoms with Crippen LogP contribution in [0.5, 0.6) is 0 Å². The quantitative estimate of drug-likeness (QED) is 0.672. The topological polar surface area (TPSA) is 63.6 Å². The molecule has 0 saturated heterocycles. The molecule has 24 heavy (non-hydrogen) atoms. The van der Waals surface area contributed by atoms with E-state index in [2.05, 4.69) is 0 Å². The molecule has 0 saturated carbocycles. The van der Waals surface area contributed by atoms with Gasteiger partial charge in [-0.3, -0.25) is 4.79 Å².